The first-order chi connectivity index (χ1) is 13.8. The topological polar surface area (TPSA) is 66.4 Å². The zero-order chi connectivity index (χ0) is 21.1. The lowest BCUT2D eigenvalue weighted by Crippen LogP contribution is -2.27. The van der Waals surface area contributed by atoms with Gasteiger partial charge in [0.25, 0.3) is 0 Å². The number of rotatable bonds is 8. The fraction of sp³-hybridized carbons (Fsp3) is 0.364. The number of amides is 1. The highest BCUT2D eigenvalue weighted by Gasteiger charge is 2.45. The minimum absolute atomic E-state index is 0.0202. The third-order valence-electron chi connectivity index (χ3n) is 5.00. The number of hydrogen-bond donors (Lipinski definition) is 2. The molecule has 1 fully saturated rings. The van der Waals surface area contributed by atoms with Crippen molar-refractivity contribution in [1.82, 2.24) is 5.32 Å². The third kappa shape index (κ3) is 5.27. The zero-order valence-corrected chi connectivity index (χ0v) is 18.6. The number of carboxylic acids is 1. The van der Waals surface area contributed by atoms with Crippen LogP contribution in [0.5, 0.6) is 0 Å². The molecule has 1 amide bonds. The molecule has 0 spiro atoms. The first-order valence-electron chi connectivity index (χ1n) is 9.53. The van der Waals surface area contributed by atoms with Gasteiger partial charge in [0.05, 0.1) is 16.5 Å². The second kappa shape index (κ2) is 9.41. The molecule has 2 N–H and O–H groups in total. The van der Waals surface area contributed by atoms with Crippen LogP contribution < -0.4 is 5.32 Å². The van der Waals surface area contributed by atoms with E-state index in [1.54, 1.807) is 11.8 Å². The summed E-state index contributed by atoms with van der Waals surface area (Å²) < 4.78 is 0. The molecule has 2 aromatic carbocycles. The highest BCUT2D eigenvalue weighted by Crippen LogP contribution is 2.52. The van der Waals surface area contributed by atoms with Gasteiger partial charge in [-0.05, 0) is 41.5 Å². The van der Waals surface area contributed by atoms with Crippen LogP contribution in [0.4, 0.5) is 0 Å². The Balaban J connectivity index is 1.71. The van der Waals surface area contributed by atoms with Gasteiger partial charge < -0.3 is 10.4 Å². The Morgan fingerprint density at radius 2 is 1.86 bits per heavy atom. The van der Waals surface area contributed by atoms with Crippen molar-refractivity contribution >= 4 is 46.8 Å². The summed E-state index contributed by atoms with van der Waals surface area (Å²) in [4.78, 5) is 24.8. The Bertz CT molecular complexity index is 932. The zero-order valence-electron chi connectivity index (χ0n) is 16.2. The van der Waals surface area contributed by atoms with E-state index in [1.807, 2.05) is 24.3 Å². The molecule has 1 saturated carbocycles. The molecule has 1 aliphatic rings. The molecule has 0 aliphatic heterocycles. The van der Waals surface area contributed by atoms with Gasteiger partial charge in [0.15, 0.2) is 0 Å². The van der Waals surface area contributed by atoms with Gasteiger partial charge in [-0.2, -0.15) is 0 Å². The Morgan fingerprint density at radius 3 is 2.55 bits per heavy atom. The summed E-state index contributed by atoms with van der Waals surface area (Å²) in [6.45, 7) is 4.45. The van der Waals surface area contributed by atoms with Crippen LogP contribution in [0.15, 0.2) is 46.2 Å². The van der Waals surface area contributed by atoms with E-state index in [1.165, 1.54) is 5.56 Å². The number of carbonyl (C=O) groups is 2. The molecule has 0 aromatic heterocycles. The highest BCUT2D eigenvalue weighted by molar-refractivity contribution is 7.99. The number of halogens is 2. The molecule has 0 saturated heterocycles. The summed E-state index contributed by atoms with van der Waals surface area (Å²) in [7, 11) is 0. The number of aliphatic carboxylic acids is 1. The van der Waals surface area contributed by atoms with Crippen LogP contribution >= 0.6 is 35.0 Å². The Hall–Kier alpha value is -1.69. The first kappa shape index (κ1) is 22.0. The molecule has 3 rings (SSSR count). The average Bonchev–Trinajstić information content (AvgIpc) is 3.46. The fourth-order valence-electron chi connectivity index (χ4n) is 3.33. The molecule has 2 atom stereocenters. The van der Waals surface area contributed by atoms with Gasteiger partial charge in [0, 0.05) is 22.3 Å². The van der Waals surface area contributed by atoms with Gasteiger partial charge in [-0.1, -0.05) is 73.1 Å². The molecule has 4 nitrogen and oxygen atoms in total. The molecule has 7 heteroatoms. The molecule has 0 heterocycles. The van der Waals surface area contributed by atoms with Crippen LogP contribution in [0.3, 0.4) is 0 Å². The normalized spacial score (nSPS) is 18.0. The number of hydrogen-bond acceptors (Lipinski definition) is 3. The predicted octanol–water partition coefficient (Wildman–Crippen LogP) is 5.96. The van der Waals surface area contributed by atoms with E-state index >= 15 is 0 Å². The van der Waals surface area contributed by atoms with Crippen molar-refractivity contribution in [2.24, 2.45) is 5.92 Å². The summed E-state index contributed by atoms with van der Waals surface area (Å²) in [6.07, 6.45) is 0.608. The lowest BCUT2D eigenvalue weighted by atomic mass is 10.0. The van der Waals surface area contributed by atoms with Crippen molar-refractivity contribution in [3.8, 4) is 0 Å². The maximum absolute atomic E-state index is 12.2. The van der Waals surface area contributed by atoms with Crippen LogP contribution in [0.2, 0.25) is 10.0 Å². The van der Waals surface area contributed by atoms with E-state index in [4.69, 9.17) is 28.3 Å². The minimum atomic E-state index is -0.931. The van der Waals surface area contributed by atoms with Gasteiger partial charge in [0.1, 0.15) is 0 Å². The summed E-state index contributed by atoms with van der Waals surface area (Å²) in [5.74, 6) is -0.823. The van der Waals surface area contributed by atoms with Gasteiger partial charge >= 0.3 is 5.97 Å². The molecule has 0 bridgehead atoms. The van der Waals surface area contributed by atoms with Gasteiger partial charge in [-0.15, -0.1) is 0 Å². The second-order valence-corrected chi connectivity index (χ2v) is 9.30. The lowest BCUT2D eigenvalue weighted by Gasteiger charge is -2.14. The predicted molar refractivity (Wildman–Crippen MR) is 117 cm³/mol. The third-order valence-corrected chi connectivity index (χ3v) is 7.16. The van der Waals surface area contributed by atoms with Crippen LogP contribution in [0, 0.1) is 5.92 Å². The molecule has 0 radical (unpaired) electrons. The van der Waals surface area contributed by atoms with E-state index < -0.39 is 5.97 Å². The molecular formula is C22H23Cl2NO3S. The van der Waals surface area contributed by atoms with Crippen LogP contribution in [-0.2, 0) is 9.59 Å². The fourth-order valence-corrected chi connectivity index (χ4v) is 5.11. The van der Waals surface area contributed by atoms with E-state index in [-0.39, 0.29) is 30.7 Å². The maximum Gasteiger partial charge on any atom is 0.305 e. The number of nitrogens with one attached hydrogen (secondary N) is 1. The SMILES string of the molecule is CC(C)c1ccccc1Sc1ccc(C2CC2C(=O)NCCC(=O)O)c(Cl)c1Cl. The maximum atomic E-state index is 12.2. The summed E-state index contributed by atoms with van der Waals surface area (Å²) in [5, 5.41) is 12.3. The smallest absolute Gasteiger partial charge is 0.305 e. The van der Waals surface area contributed by atoms with E-state index in [9.17, 15) is 9.59 Å². The van der Waals surface area contributed by atoms with E-state index in [2.05, 4.69) is 31.3 Å². The molecular weight excluding hydrogens is 429 g/mol. The molecule has 2 aromatic rings. The number of benzene rings is 2. The van der Waals surface area contributed by atoms with Crippen molar-refractivity contribution in [2.45, 2.75) is 48.3 Å². The van der Waals surface area contributed by atoms with Crippen molar-refractivity contribution in [2.75, 3.05) is 6.54 Å². The standard InChI is InChI=1S/C22H23Cl2NO3S/c1-12(2)13-5-3-4-6-17(13)29-18-8-7-14(20(23)21(18)24)15-11-16(15)22(28)25-10-9-19(26)27/h3-8,12,15-16H,9-11H2,1-2H3,(H,25,28)(H,26,27). The Kier molecular flexibility index (Phi) is 7.14. The Morgan fingerprint density at radius 1 is 1.14 bits per heavy atom. The first-order valence-corrected chi connectivity index (χ1v) is 11.1. The monoisotopic (exact) mass is 451 g/mol. The lowest BCUT2D eigenvalue weighted by molar-refractivity contribution is -0.136. The summed E-state index contributed by atoms with van der Waals surface area (Å²) in [5.41, 5.74) is 2.13. The largest absolute Gasteiger partial charge is 0.481 e. The van der Waals surface area contributed by atoms with E-state index in [0.717, 1.165) is 15.4 Å². The van der Waals surface area contributed by atoms with Gasteiger partial charge in [-0.3, -0.25) is 9.59 Å². The number of carboxylic acid groups (broad SMARTS) is 1. The second-order valence-electron chi connectivity index (χ2n) is 7.46. The summed E-state index contributed by atoms with van der Waals surface area (Å²) >= 11 is 14.7. The number of carbonyl (C=O) groups excluding carboxylic acids is 1. The van der Waals surface area contributed by atoms with E-state index in [0.29, 0.717) is 22.4 Å². The minimum Gasteiger partial charge on any atom is -0.481 e. The molecule has 1 aliphatic carbocycles. The molecule has 29 heavy (non-hydrogen) atoms. The summed E-state index contributed by atoms with van der Waals surface area (Å²) in [6, 6.07) is 12.2. The van der Waals surface area contributed by atoms with Gasteiger partial charge in [0.2, 0.25) is 5.91 Å². The van der Waals surface area contributed by atoms with Crippen molar-refractivity contribution in [1.29, 1.82) is 0 Å². The van der Waals surface area contributed by atoms with Crippen molar-refractivity contribution in [3.63, 3.8) is 0 Å². The van der Waals surface area contributed by atoms with Crippen molar-refractivity contribution < 1.29 is 14.7 Å². The van der Waals surface area contributed by atoms with Crippen LogP contribution in [-0.4, -0.2) is 23.5 Å². The van der Waals surface area contributed by atoms with Crippen molar-refractivity contribution in [3.05, 3.63) is 57.6 Å². The molecule has 154 valence electrons. The van der Waals surface area contributed by atoms with Crippen LogP contribution in [0.25, 0.3) is 0 Å². The van der Waals surface area contributed by atoms with Crippen LogP contribution in [0.1, 0.15) is 49.7 Å². The molecule has 2 unspecified atom stereocenters. The Labute approximate surface area is 185 Å². The average molecular weight is 452 g/mol. The highest BCUT2D eigenvalue weighted by atomic mass is 35.5. The van der Waals surface area contributed by atoms with Gasteiger partial charge in [-0.25, -0.2) is 0 Å². The quantitative estimate of drug-likeness (QED) is 0.519.